The van der Waals surface area contributed by atoms with Gasteiger partial charge in [0.05, 0.1) is 11.2 Å². The maximum Gasteiger partial charge on any atom is 0.243 e. The first kappa shape index (κ1) is 24.2. The third-order valence-electron chi connectivity index (χ3n) is 6.73. The van der Waals surface area contributed by atoms with E-state index >= 15 is 0 Å². The van der Waals surface area contributed by atoms with Crippen LogP contribution in [0.4, 0.5) is 0 Å². The van der Waals surface area contributed by atoms with Gasteiger partial charge < -0.3 is 4.90 Å². The minimum absolute atomic E-state index is 0.0590. The highest BCUT2D eigenvalue weighted by Crippen LogP contribution is 2.27. The standard InChI is InChI=1S/C21H33N3O5S2/c1-16-5-6-20(15-17(16)2)31(28,29)24-13-7-18(8-14-24)21(25)23-11-9-19(10-12-23)22(3)30(4,26)27/h5-6,15,18-19H,7-14H2,1-4H3. The van der Waals surface area contributed by atoms with Crippen molar-refractivity contribution in [1.82, 2.24) is 13.5 Å². The molecule has 2 aliphatic heterocycles. The van der Waals surface area contributed by atoms with Crippen LogP contribution in [0.2, 0.25) is 0 Å². The van der Waals surface area contributed by atoms with E-state index in [4.69, 9.17) is 0 Å². The highest BCUT2D eigenvalue weighted by Gasteiger charge is 2.36. The first-order valence-electron chi connectivity index (χ1n) is 10.7. The average molecular weight is 472 g/mol. The molecule has 0 unspecified atom stereocenters. The van der Waals surface area contributed by atoms with Gasteiger partial charge in [-0.3, -0.25) is 4.79 Å². The summed E-state index contributed by atoms with van der Waals surface area (Å²) in [5.74, 6) is -0.126. The molecule has 0 aromatic heterocycles. The summed E-state index contributed by atoms with van der Waals surface area (Å²) in [4.78, 5) is 15.1. The predicted molar refractivity (Wildman–Crippen MR) is 120 cm³/mol. The summed E-state index contributed by atoms with van der Waals surface area (Å²) in [5.41, 5.74) is 1.99. The fourth-order valence-electron chi connectivity index (χ4n) is 4.35. The summed E-state index contributed by atoms with van der Waals surface area (Å²) in [6.45, 7) is 5.58. The molecule has 0 radical (unpaired) electrons. The van der Waals surface area contributed by atoms with Crippen LogP contribution >= 0.6 is 0 Å². The number of piperidine rings is 2. The van der Waals surface area contributed by atoms with Crippen molar-refractivity contribution in [2.75, 3.05) is 39.5 Å². The molecule has 31 heavy (non-hydrogen) atoms. The second kappa shape index (κ2) is 9.17. The SMILES string of the molecule is Cc1ccc(S(=O)(=O)N2CCC(C(=O)N3CCC(N(C)S(C)(=O)=O)CC3)CC2)cc1C. The molecule has 2 heterocycles. The van der Waals surface area contributed by atoms with E-state index in [1.54, 1.807) is 19.2 Å². The van der Waals surface area contributed by atoms with Crippen LogP contribution in [-0.2, 0) is 24.8 Å². The van der Waals surface area contributed by atoms with Crippen LogP contribution in [0.15, 0.2) is 23.1 Å². The van der Waals surface area contributed by atoms with Gasteiger partial charge >= 0.3 is 0 Å². The van der Waals surface area contributed by atoms with Crippen LogP contribution in [0, 0.1) is 19.8 Å². The summed E-state index contributed by atoms with van der Waals surface area (Å²) in [6, 6.07) is 5.10. The molecule has 1 aromatic rings. The van der Waals surface area contributed by atoms with Crippen molar-refractivity contribution < 1.29 is 21.6 Å². The van der Waals surface area contributed by atoms with E-state index in [9.17, 15) is 21.6 Å². The van der Waals surface area contributed by atoms with Gasteiger partial charge in [0.15, 0.2) is 0 Å². The topological polar surface area (TPSA) is 95.1 Å². The van der Waals surface area contributed by atoms with Gasteiger partial charge in [-0.25, -0.2) is 21.1 Å². The highest BCUT2D eigenvalue weighted by molar-refractivity contribution is 7.89. The van der Waals surface area contributed by atoms with Crippen LogP contribution in [0.1, 0.15) is 36.8 Å². The first-order valence-corrected chi connectivity index (χ1v) is 14.0. The lowest BCUT2D eigenvalue weighted by molar-refractivity contribution is -0.138. The van der Waals surface area contributed by atoms with Gasteiger partial charge in [0.2, 0.25) is 26.0 Å². The number of likely N-dealkylation sites (tertiary alicyclic amines) is 1. The number of carbonyl (C=O) groups is 1. The van der Waals surface area contributed by atoms with Crippen molar-refractivity contribution in [3.63, 3.8) is 0 Å². The third kappa shape index (κ3) is 5.30. The molecular weight excluding hydrogens is 438 g/mol. The fraction of sp³-hybridized carbons (Fsp3) is 0.667. The normalized spacial score (nSPS) is 20.4. The minimum atomic E-state index is -3.56. The molecule has 3 rings (SSSR count). The fourth-order valence-corrected chi connectivity index (χ4v) is 6.65. The lowest BCUT2D eigenvalue weighted by atomic mass is 9.95. The van der Waals surface area contributed by atoms with Crippen molar-refractivity contribution in [1.29, 1.82) is 0 Å². The van der Waals surface area contributed by atoms with E-state index in [2.05, 4.69) is 0 Å². The highest BCUT2D eigenvalue weighted by atomic mass is 32.2. The number of amides is 1. The van der Waals surface area contributed by atoms with E-state index in [0.717, 1.165) is 11.1 Å². The predicted octanol–water partition coefficient (Wildman–Crippen LogP) is 1.59. The van der Waals surface area contributed by atoms with Crippen LogP contribution < -0.4 is 0 Å². The molecule has 0 aliphatic carbocycles. The van der Waals surface area contributed by atoms with E-state index in [-0.39, 0.29) is 17.9 Å². The Morgan fingerprint density at radius 3 is 2.03 bits per heavy atom. The Morgan fingerprint density at radius 2 is 1.52 bits per heavy atom. The van der Waals surface area contributed by atoms with Gasteiger partial charge in [-0.05, 0) is 62.8 Å². The Balaban J connectivity index is 1.56. The number of carbonyl (C=O) groups excluding carboxylic acids is 1. The van der Waals surface area contributed by atoms with E-state index in [1.807, 2.05) is 24.8 Å². The minimum Gasteiger partial charge on any atom is -0.342 e. The van der Waals surface area contributed by atoms with Crippen molar-refractivity contribution in [3.05, 3.63) is 29.3 Å². The van der Waals surface area contributed by atoms with Crippen LogP contribution in [0.5, 0.6) is 0 Å². The number of benzene rings is 1. The molecule has 1 amide bonds. The molecule has 2 aliphatic rings. The van der Waals surface area contributed by atoms with E-state index in [1.165, 1.54) is 14.9 Å². The molecule has 0 N–H and O–H groups in total. The van der Waals surface area contributed by atoms with Crippen molar-refractivity contribution in [3.8, 4) is 0 Å². The van der Waals surface area contributed by atoms with Crippen LogP contribution in [0.3, 0.4) is 0 Å². The maximum atomic E-state index is 13.0. The van der Waals surface area contributed by atoms with E-state index in [0.29, 0.717) is 56.8 Å². The second-order valence-corrected chi connectivity index (χ2v) is 12.7. The van der Waals surface area contributed by atoms with Crippen molar-refractivity contribution in [2.45, 2.75) is 50.5 Å². The summed E-state index contributed by atoms with van der Waals surface area (Å²) >= 11 is 0. The van der Waals surface area contributed by atoms with Crippen molar-refractivity contribution in [2.24, 2.45) is 5.92 Å². The Morgan fingerprint density at radius 1 is 0.935 bits per heavy atom. The molecule has 2 fully saturated rings. The molecule has 0 saturated carbocycles. The van der Waals surface area contributed by atoms with Gasteiger partial charge in [0.1, 0.15) is 0 Å². The maximum absolute atomic E-state index is 13.0. The van der Waals surface area contributed by atoms with Gasteiger partial charge in [-0.1, -0.05) is 6.07 Å². The summed E-state index contributed by atoms with van der Waals surface area (Å²) < 4.78 is 52.3. The first-order chi connectivity index (χ1) is 14.4. The van der Waals surface area contributed by atoms with Gasteiger partial charge in [-0.15, -0.1) is 0 Å². The zero-order chi connectivity index (χ0) is 23.0. The number of aryl methyl sites for hydroxylation is 2. The monoisotopic (exact) mass is 471 g/mol. The third-order valence-corrected chi connectivity index (χ3v) is 9.97. The summed E-state index contributed by atoms with van der Waals surface area (Å²) in [5, 5.41) is 0. The molecule has 174 valence electrons. The van der Waals surface area contributed by atoms with Crippen molar-refractivity contribution >= 4 is 26.0 Å². The summed E-state index contributed by atoms with van der Waals surface area (Å²) in [7, 11) is -5.22. The Labute approximate surface area is 186 Å². The number of nitrogens with zero attached hydrogens (tertiary/aromatic N) is 3. The number of hydrogen-bond donors (Lipinski definition) is 0. The second-order valence-electron chi connectivity index (χ2n) is 8.76. The molecule has 2 saturated heterocycles. The van der Waals surface area contributed by atoms with Crippen LogP contribution in [-0.4, -0.2) is 81.8 Å². The number of sulfonamides is 2. The quantitative estimate of drug-likeness (QED) is 0.650. The number of hydrogen-bond acceptors (Lipinski definition) is 5. The zero-order valence-corrected chi connectivity index (χ0v) is 20.4. The van der Waals surface area contributed by atoms with Gasteiger partial charge in [-0.2, -0.15) is 4.31 Å². The van der Waals surface area contributed by atoms with Crippen LogP contribution in [0.25, 0.3) is 0 Å². The molecule has 8 nitrogen and oxygen atoms in total. The average Bonchev–Trinajstić information content (AvgIpc) is 2.74. The molecule has 10 heteroatoms. The smallest absolute Gasteiger partial charge is 0.243 e. The molecule has 1 aromatic carbocycles. The largest absolute Gasteiger partial charge is 0.342 e. The Hall–Kier alpha value is -1.49. The molecule has 0 atom stereocenters. The molecular formula is C21H33N3O5S2. The van der Waals surface area contributed by atoms with E-state index < -0.39 is 20.0 Å². The number of rotatable bonds is 5. The molecule has 0 spiro atoms. The summed E-state index contributed by atoms with van der Waals surface area (Å²) in [6.07, 6.45) is 3.45. The molecule has 0 bridgehead atoms. The van der Waals surface area contributed by atoms with Gasteiger partial charge in [0, 0.05) is 45.2 Å². The zero-order valence-electron chi connectivity index (χ0n) is 18.7. The Kier molecular flexibility index (Phi) is 7.15. The lowest BCUT2D eigenvalue weighted by Gasteiger charge is -2.38. The van der Waals surface area contributed by atoms with Gasteiger partial charge in [0.25, 0.3) is 0 Å². The lowest BCUT2D eigenvalue weighted by Crippen LogP contribution is -2.50. The Bertz CT molecular complexity index is 1020.